The molecule has 2 N–H and O–H groups in total. The largest absolute Gasteiger partial charge is 0.383 e. The fourth-order valence-electron chi connectivity index (χ4n) is 4.14. The normalized spacial score (nSPS) is 13.9. The van der Waals surface area contributed by atoms with Gasteiger partial charge < -0.3 is 5.73 Å². The number of nitrogen functional groups attached to an aromatic ring is 1. The fraction of sp³-hybridized carbons (Fsp3) is 0.304. The lowest BCUT2D eigenvalue weighted by molar-refractivity contribution is 0.671. The van der Waals surface area contributed by atoms with Crippen LogP contribution in [0.25, 0.3) is 21.1 Å². The molecule has 0 bridgehead atoms. The van der Waals surface area contributed by atoms with Gasteiger partial charge >= 0.3 is 0 Å². The maximum absolute atomic E-state index is 13.4. The molecular weight excluding hydrogens is 426 g/mol. The molecule has 1 aliphatic rings. The summed E-state index contributed by atoms with van der Waals surface area (Å²) < 4.78 is 1.72. The summed E-state index contributed by atoms with van der Waals surface area (Å²) in [5.41, 5.74) is 8.20. The number of nitrogens with zero attached hydrogens (tertiary/aromatic N) is 4. The van der Waals surface area contributed by atoms with Crippen molar-refractivity contribution in [2.24, 2.45) is 0 Å². The second-order valence-electron chi connectivity index (χ2n) is 7.67. The van der Waals surface area contributed by atoms with E-state index in [2.05, 4.69) is 16.5 Å². The highest BCUT2D eigenvalue weighted by Gasteiger charge is 2.21. The monoisotopic (exact) mass is 449 g/mol. The molecule has 158 valence electrons. The van der Waals surface area contributed by atoms with Crippen molar-refractivity contribution >= 4 is 50.0 Å². The Kier molecular flexibility index (Phi) is 5.50. The van der Waals surface area contributed by atoms with Gasteiger partial charge in [0.2, 0.25) is 0 Å². The van der Waals surface area contributed by atoms with Gasteiger partial charge in [-0.3, -0.25) is 9.36 Å². The molecule has 4 aromatic rings. The number of hydrogen-bond acceptors (Lipinski definition) is 7. The highest BCUT2D eigenvalue weighted by atomic mass is 32.2. The van der Waals surface area contributed by atoms with Gasteiger partial charge in [-0.15, -0.1) is 17.9 Å². The number of anilines is 1. The number of para-hydroxylation sites is 1. The van der Waals surface area contributed by atoms with E-state index in [1.807, 2.05) is 24.3 Å². The molecule has 0 atom stereocenters. The highest BCUT2D eigenvalue weighted by molar-refractivity contribution is 7.98. The van der Waals surface area contributed by atoms with Crippen molar-refractivity contribution in [2.45, 2.75) is 49.6 Å². The summed E-state index contributed by atoms with van der Waals surface area (Å²) in [4.78, 5) is 29.6. The molecule has 1 aromatic carbocycles. The summed E-state index contributed by atoms with van der Waals surface area (Å²) in [6.45, 7) is 4.26. The quantitative estimate of drug-likeness (QED) is 0.205. The van der Waals surface area contributed by atoms with E-state index in [1.165, 1.54) is 35.0 Å². The third-order valence-corrected chi connectivity index (χ3v) is 7.77. The zero-order valence-corrected chi connectivity index (χ0v) is 18.8. The molecule has 3 heterocycles. The van der Waals surface area contributed by atoms with Crippen molar-refractivity contribution in [1.82, 2.24) is 19.5 Å². The Morgan fingerprint density at radius 3 is 2.87 bits per heavy atom. The molecule has 0 aliphatic heterocycles. The first-order chi connectivity index (χ1) is 15.2. The van der Waals surface area contributed by atoms with Crippen LogP contribution in [0.1, 0.15) is 35.5 Å². The van der Waals surface area contributed by atoms with Gasteiger partial charge in [-0.2, -0.15) is 0 Å². The molecule has 0 fully saturated rings. The minimum Gasteiger partial charge on any atom is -0.383 e. The number of thiophene rings is 1. The first kappa shape index (κ1) is 20.2. The summed E-state index contributed by atoms with van der Waals surface area (Å²) in [6, 6.07) is 7.70. The lowest BCUT2D eigenvalue weighted by atomic mass is 10.1. The smallest absolute Gasteiger partial charge is 0.263 e. The fourth-order valence-corrected chi connectivity index (χ4v) is 6.31. The van der Waals surface area contributed by atoms with Crippen molar-refractivity contribution in [3.63, 3.8) is 0 Å². The van der Waals surface area contributed by atoms with E-state index < -0.39 is 0 Å². The summed E-state index contributed by atoms with van der Waals surface area (Å²) >= 11 is 3.15. The minimum absolute atomic E-state index is 0.0331. The van der Waals surface area contributed by atoms with Gasteiger partial charge in [0, 0.05) is 16.8 Å². The van der Waals surface area contributed by atoms with Crippen molar-refractivity contribution < 1.29 is 0 Å². The predicted octanol–water partition coefficient (Wildman–Crippen LogP) is 4.73. The van der Waals surface area contributed by atoms with Crippen LogP contribution >= 0.6 is 23.1 Å². The van der Waals surface area contributed by atoms with Crippen molar-refractivity contribution in [1.29, 1.82) is 0 Å². The number of aromatic nitrogens is 4. The van der Waals surface area contributed by atoms with E-state index in [0.29, 0.717) is 29.1 Å². The third-order valence-electron chi connectivity index (χ3n) is 5.61. The Morgan fingerprint density at radius 2 is 2.00 bits per heavy atom. The van der Waals surface area contributed by atoms with Gasteiger partial charge in [0.25, 0.3) is 5.56 Å². The van der Waals surface area contributed by atoms with Crippen LogP contribution in [-0.4, -0.2) is 19.5 Å². The van der Waals surface area contributed by atoms with Gasteiger partial charge in [-0.05, 0) is 43.4 Å². The second kappa shape index (κ2) is 8.43. The molecule has 5 rings (SSSR count). The highest BCUT2D eigenvalue weighted by Crippen LogP contribution is 2.34. The van der Waals surface area contributed by atoms with Crippen molar-refractivity contribution in [3.05, 3.63) is 63.5 Å². The van der Waals surface area contributed by atoms with Gasteiger partial charge in [0.05, 0.1) is 16.7 Å². The SMILES string of the molecule is C=CCn1c(SCc2nc(N)c3ccccc3n2)nc2sc3c(c2c1=O)CCCCC3. The lowest BCUT2D eigenvalue weighted by Crippen LogP contribution is -2.23. The lowest BCUT2D eigenvalue weighted by Gasteiger charge is -2.11. The van der Waals surface area contributed by atoms with E-state index in [-0.39, 0.29) is 5.56 Å². The molecule has 3 aromatic heterocycles. The van der Waals surface area contributed by atoms with Gasteiger partial charge in [-0.1, -0.05) is 36.4 Å². The zero-order valence-electron chi connectivity index (χ0n) is 17.1. The van der Waals surface area contributed by atoms with Crippen LogP contribution in [0.15, 0.2) is 46.9 Å². The number of allylic oxidation sites excluding steroid dienone is 1. The Bertz CT molecular complexity index is 1360. The number of aryl methyl sites for hydroxylation is 2. The molecule has 6 nitrogen and oxygen atoms in total. The number of hydrogen-bond donors (Lipinski definition) is 1. The van der Waals surface area contributed by atoms with Gasteiger partial charge in [-0.25, -0.2) is 15.0 Å². The molecular formula is C23H23N5OS2. The summed E-state index contributed by atoms with van der Waals surface area (Å²) in [5, 5.41) is 2.32. The van der Waals surface area contributed by atoms with Gasteiger partial charge in [0.1, 0.15) is 16.5 Å². The average molecular weight is 450 g/mol. The number of thioether (sulfide) groups is 1. The first-order valence-electron chi connectivity index (χ1n) is 10.5. The van der Waals surface area contributed by atoms with Crippen LogP contribution in [0.3, 0.4) is 0 Å². The zero-order chi connectivity index (χ0) is 21.4. The Balaban J connectivity index is 1.54. The van der Waals surface area contributed by atoms with Crippen LogP contribution in [0.5, 0.6) is 0 Å². The van der Waals surface area contributed by atoms with Crippen molar-refractivity contribution in [2.75, 3.05) is 5.73 Å². The second-order valence-corrected chi connectivity index (χ2v) is 9.70. The summed E-state index contributed by atoms with van der Waals surface area (Å²) in [7, 11) is 0. The Hall–Kier alpha value is -2.71. The van der Waals surface area contributed by atoms with E-state index in [0.717, 1.165) is 40.4 Å². The first-order valence-corrected chi connectivity index (χ1v) is 12.3. The summed E-state index contributed by atoms with van der Waals surface area (Å²) in [5.74, 6) is 1.58. The van der Waals surface area contributed by atoms with Gasteiger partial charge in [0.15, 0.2) is 5.16 Å². The number of rotatable bonds is 5. The minimum atomic E-state index is 0.0331. The molecule has 0 saturated heterocycles. The molecule has 8 heteroatoms. The van der Waals surface area contributed by atoms with Crippen LogP contribution in [-0.2, 0) is 25.1 Å². The molecule has 1 aliphatic carbocycles. The van der Waals surface area contributed by atoms with Crippen LogP contribution in [0.4, 0.5) is 5.82 Å². The molecule has 0 amide bonds. The molecule has 31 heavy (non-hydrogen) atoms. The average Bonchev–Trinajstić information content (AvgIpc) is 2.95. The third kappa shape index (κ3) is 3.74. The Labute approximate surface area is 188 Å². The van der Waals surface area contributed by atoms with E-state index in [1.54, 1.807) is 22.0 Å². The van der Waals surface area contributed by atoms with Crippen molar-refractivity contribution in [3.8, 4) is 0 Å². The number of benzene rings is 1. The standard InChI is InChI=1S/C23H23N5OS2/c1-2-12-28-22(29)19-15-9-4-3-5-11-17(15)31-21(19)27-23(28)30-13-18-25-16-10-7-6-8-14(16)20(24)26-18/h2,6-8,10H,1,3-5,9,11-13H2,(H2,24,25,26). The topological polar surface area (TPSA) is 86.7 Å². The van der Waals surface area contributed by atoms with Crippen LogP contribution in [0, 0.1) is 0 Å². The maximum atomic E-state index is 13.4. The molecule has 0 spiro atoms. The molecule has 0 radical (unpaired) electrons. The predicted molar refractivity (Wildman–Crippen MR) is 129 cm³/mol. The van der Waals surface area contributed by atoms with E-state index in [9.17, 15) is 4.79 Å². The van der Waals surface area contributed by atoms with E-state index >= 15 is 0 Å². The number of nitrogens with two attached hydrogens (primary N) is 1. The number of fused-ring (bicyclic) bond motifs is 4. The van der Waals surface area contributed by atoms with E-state index in [4.69, 9.17) is 10.7 Å². The molecule has 0 saturated carbocycles. The maximum Gasteiger partial charge on any atom is 0.263 e. The Morgan fingerprint density at radius 1 is 1.16 bits per heavy atom. The molecule has 0 unspecified atom stereocenters. The van der Waals surface area contributed by atoms with Crippen LogP contribution < -0.4 is 11.3 Å². The van der Waals surface area contributed by atoms with Crippen LogP contribution in [0.2, 0.25) is 0 Å². The summed E-state index contributed by atoms with van der Waals surface area (Å²) in [6.07, 6.45) is 7.30.